The van der Waals surface area contributed by atoms with E-state index in [0.717, 1.165) is 42.0 Å². The number of fused-ring (bicyclic) bond motifs is 5. The van der Waals surface area contributed by atoms with Crippen LogP contribution in [-0.2, 0) is 41.1 Å². The summed E-state index contributed by atoms with van der Waals surface area (Å²) >= 11 is 1.34. The smallest absolute Gasteiger partial charge is 0.378 e. The molecule has 10 rings (SSSR count). The van der Waals surface area contributed by atoms with Crippen LogP contribution >= 0.6 is 11.3 Å². The third-order valence-corrected chi connectivity index (χ3v) is 13.1. The second kappa shape index (κ2) is 14.6. The van der Waals surface area contributed by atoms with Crippen molar-refractivity contribution in [3.05, 3.63) is 118 Å². The highest BCUT2D eigenvalue weighted by Gasteiger charge is 2.63. The number of ether oxygens (including phenoxy) is 1. The van der Waals surface area contributed by atoms with Crippen LogP contribution in [0.3, 0.4) is 0 Å². The number of hydrogen-bond acceptors (Lipinski definition) is 8. The number of halogens is 7. The van der Waals surface area contributed by atoms with Gasteiger partial charge in [-0.1, -0.05) is 12.1 Å². The Balaban J connectivity index is 1.07. The number of nitrogens with zero attached hydrogens (tertiary/aromatic N) is 5. The summed E-state index contributed by atoms with van der Waals surface area (Å²) in [6, 6.07) is 16.4. The predicted octanol–water partition coefficient (Wildman–Crippen LogP) is 8.30. The maximum atomic E-state index is 15.7. The number of nitrogens with one attached hydrogen (secondary N) is 2. The van der Waals surface area contributed by atoms with Crippen LogP contribution in [0.1, 0.15) is 68.9 Å². The molecule has 2 N–H and O–H groups in total. The van der Waals surface area contributed by atoms with Crippen molar-refractivity contribution in [1.29, 1.82) is 0 Å². The first-order valence-corrected chi connectivity index (χ1v) is 20.5. The third-order valence-electron chi connectivity index (χ3n) is 12.0. The van der Waals surface area contributed by atoms with Crippen molar-refractivity contribution >= 4 is 39.2 Å². The number of carbonyl (C=O) groups is 2. The summed E-state index contributed by atoms with van der Waals surface area (Å²) in [5.41, 5.74) is 1.43. The fourth-order valence-corrected chi connectivity index (χ4v) is 9.98. The Morgan fingerprint density at radius 2 is 1.69 bits per heavy atom. The van der Waals surface area contributed by atoms with E-state index in [1.807, 2.05) is 24.3 Å². The summed E-state index contributed by atoms with van der Waals surface area (Å²) in [6.07, 6.45) is -5.17. The minimum absolute atomic E-state index is 0.0292. The number of pyridine rings is 1. The van der Waals surface area contributed by atoms with Gasteiger partial charge in [0.15, 0.2) is 11.3 Å². The molecule has 0 spiro atoms. The highest BCUT2D eigenvalue weighted by atomic mass is 32.1. The van der Waals surface area contributed by atoms with Crippen LogP contribution in [0.2, 0.25) is 0 Å². The van der Waals surface area contributed by atoms with Gasteiger partial charge >= 0.3 is 6.18 Å². The largest absolute Gasteiger partial charge is 0.435 e. The molecule has 3 aromatic carbocycles. The van der Waals surface area contributed by atoms with Gasteiger partial charge in [0.05, 0.1) is 29.6 Å². The standard InChI is InChI=1S/C43H34F7N7O3S/c44-25-13-21(14-26(45)17-25)15-32(52-34(58)20-57-38-35(37(55-57)43(48,49)50)28-7-8-31(28)42(38,46)47)36-29(23-1-2-24-19-51-40(59)30(24)16-23)18-33-39(53-36)54-41(61-33)22-3-5-27(6-4-22)56-9-11-60-12-10-56/h1-6,13-14,16-18,28,31-32H,7-12,15,19-20H2,(H,51,59)(H,52,58)/t28-,31+,32-/m0/s1. The molecule has 2 fully saturated rings. The molecule has 1 saturated heterocycles. The Morgan fingerprint density at radius 1 is 0.951 bits per heavy atom. The predicted molar refractivity (Wildman–Crippen MR) is 210 cm³/mol. The molecular formula is C43H34F7N7O3S. The second-order valence-electron chi connectivity index (χ2n) is 15.7. The van der Waals surface area contributed by atoms with Crippen molar-refractivity contribution in [2.75, 3.05) is 31.2 Å². The van der Waals surface area contributed by atoms with Gasteiger partial charge in [0.25, 0.3) is 11.8 Å². The van der Waals surface area contributed by atoms with E-state index in [-0.39, 0.29) is 42.1 Å². The summed E-state index contributed by atoms with van der Waals surface area (Å²) < 4.78 is 110. The molecule has 3 atom stereocenters. The first kappa shape index (κ1) is 39.3. The van der Waals surface area contributed by atoms with Crippen molar-refractivity contribution < 1.29 is 45.1 Å². The Hall–Kier alpha value is -5.88. The molecule has 314 valence electrons. The van der Waals surface area contributed by atoms with Gasteiger partial charge in [-0.05, 0) is 90.4 Å². The molecule has 0 unspecified atom stereocenters. The summed E-state index contributed by atoms with van der Waals surface area (Å²) in [5, 5.41) is 9.67. The van der Waals surface area contributed by atoms with Crippen LogP contribution in [0, 0.1) is 17.6 Å². The average Bonchev–Trinajstić information content (AvgIpc) is 3.94. The number of thiazole rings is 1. The number of alkyl halides is 5. The van der Waals surface area contributed by atoms with E-state index >= 15 is 8.78 Å². The number of benzene rings is 3. The zero-order chi connectivity index (χ0) is 42.4. The topological polar surface area (TPSA) is 114 Å². The van der Waals surface area contributed by atoms with Crippen molar-refractivity contribution in [1.82, 2.24) is 30.4 Å². The number of aromatic nitrogens is 4. The lowest BCUT2D eigenvalue weighted by Gasteiger charge is -2.34. The summed E-state index contributed by atoms with van der Waals surface area (Å²) in [7, 11) is 0. The number of hydrogen-bond donors (Lipinski definition) is 2. The molecule has 61 heavy (non-hydrogen) atoms. The van der Waals surface area contributed by atoms with E-state index in [1.165, 1.54) is 11.3 Å². The zero-order valence-corrected chi connectivity index (χ0v) is 32.8. The molecule has 3 aromatic heterocycles. The van der Waals surface area contributed by atoms with Gasteiger partial charge in [0, 0.05) is 59.6 Å². The quantitative estimate of drug-likeness (QED) is 0.141. The van der Waals surface area contributed by atoms with E-state index in [0.29, 0.717) is 56.9 Å². The second-order valence-corrected chi connectivity index (χ2v) is 16.8. The molecule has 2 amide bonds. The highest BCUT2D eigenvalue weighted by molar-refractivity contribution is 7.21. The Kier molecular flexibility index (Phi) is 9.43. The van der Waals surface area contributed by atoms with Gasteiger partial charge < -0.3 is 20.3 Å². The van der Waals surface area contributed by atoms with Gasteiger partial charge in [0.1, 0.15) is 28.9 Å². The number of carbonyl (C=O) groups excluding carboxylic acids is 2. The molecule has 0 bridgehead atoms. The summed E-state index contributed by atoms with van der Waals surface area (Å²) in [5.74, 6) is -9.13. The molecule has 4 aliphatic rings. The van der Waals surface area contributed by atoms with Crippen LogP contribution in [0.25, 0.3) is 32.0 Å². The van der Waals surface area contributed by atoms with Crippen molar-refractivity contribution in [2.24, 2.45) is 5.92 Å². The lowest BCUT2D eigenvalue weighted by Crippen LogP contribution is -2.36. The Labute approximate surface area is 346 Å². The van der Waals surface area contributed by atoms with E-state index in [4.69, 9.17) is 14.7 Å². The first-order chi connectivity index (χ1) is 29.2. The van der Waals surface area contributed by atoms with E-state index in [2.05, 4.69) is 20.6 Å². The SMILES string of the molecule is O=C(Cn1nc(C(F)(F)F)c2c1C(F)(F)[C@@H]1CC[C@H]21)N[C@@H](Cc1cc(F)cc(F)c1)c1nc2nc(-c3ccc(N4CCOCC4)cc3)sc2cc1-c1ccc2c(c1)C(=O)NC2. The van der Waals surface area contributed by atoms with Crippen molar-refractivity contribution in [3.8, 4) is 21.7 Å². The van der Waals surface area contributed by atoms with Crippen LogP contribution in [0.5, 0.6) is 0 Å². The lowest BCUT2D eigenvalue weighted by molar-refractivity contribution is -0.144. The molecular weight excluding hydrogens is 828 g/mol. The van der Waals surface area contributed by atoms with Crippen LogP contribution in [0.15, 0.2) is 66.7 Å². The monoisotopic (exact) mass is 861 g/mol. The normalized spacial score (nSPS) is 19.6. The van der Waals surface area contributed by atoms with Gasteiger partial charge in [-0.15, -0.1) is 11.3 Å². The van der Waals surface area contributed by atoms with E-state index < -0.39 is 71.0 Å². The van der Waals surface area contributed by atoms with Crippen molar-refractivity contribution in [3.63, 3.8) is 0 Å². The molecule has 2 aliphatic heterocycles. The number of morpholine rings is 1. The Bertz CT molecular complexity index is 2730. The number of anilines is 1. The van der Waals surface area contributed by atoms with Gasteiger partial charge in [-0.3, -0.25) is 14.3 Å². The van der Waals surface area contributed by atoms with Crippen molar-refractivity contribution in [2.45, 2.75) is 56.4 Å². The van der Waals surface area contributed by atoms with Gasteiger partial charge in [-0.2, -0.15) is 27.1 Å². The highest BCUT2D eigenvalue weighted by Crippen LogP contribution is 2.64. The average molecular weight is 862 g/mol. The molecule has 1 saturated carbocycles. The summed E-state index contributed by atoms with van der Waals surface area (Å²) in [4.78, 5) is 38.9. The first-order valence-electron chi connectivity index (χ1n) is 19.7. The third kappa shape index (κ3) is 6.98. The number of amides is 2. The van der Waals surface area contributed by atoms with E-state index in [9.17, 15) is 31.5 Å². The van der Waals surface area contributed by atoms with Gasteiger partial charge in [-0.25, -0.2) is 18.7 Å². The fraction of sp³-hybridized carbons (Fsp3) is 0.326. The lowest BCUT2D eigenvalue weighted by atomic mass is 9.73. The molecule has 5 heterocycles. The molecule has 10 nitrogen and oxygen atoms in total. The minimum Gasteiger partial charge on any atom is -0.378 e. The van der Waals surface area contributed by atoms with Crippen LogP contribution in [0.4, 0.5) is 36.4 Å². The van der Waals surface area contributed by atoms with E-state index in [1.54, 1.807) is 24.3 Å². The maximum Gasteiger partial charge on any atom is 0.435 e. The van der Waals surface area contributed by atoms with Gasteiger partial charge in [0.2, 0.25) is 5.91 Å². The van der Waals surface area contributed by atoms with Crippen LogP contribution < -0.4 is 15.5 Å². The van der Waals surface area contributed by atoms with Crippen LogP contribution in [-0.4, -0.2) is 57.9 Å². The maximum absolute atomic E-state index is 15.7. The Morgan fingerprint density at radius 3 is 2.39 bits per heavy atom. The fourth-order valence-electron chi connectivity index (χ4n) is 9.03. The summed E-state index contributed by atoms with van der Waals surface area (Å²) in [6.45, 7) is 2.07. The molecule has 18 heteroatoms. The molecule has 6 aromatic rings. The molecule has 0 radical (unpaired) electrons. The number of rotatable bonds is 9. The molecule has 2 aliphatic carbocycles. The zero-order valence-electron chi connectivity index (χ0n) is 32.0. The minimum atomic E-state index is -5.05.